The lowest BCUT2D eigenvalue weighted by Gasteiger charge is -2.18. The van der Waals surface area contributed by atoms with Gasteiger partial charge in [-0.15, -0.1) is 0 Å². The number of pyridine rings is 1. The number of nitro benzene ring substituents is 1. The van der Waals surface area contributed by atoms with E-state index in [-0.39, 0.29) is 24.6 Å². The number of halogens is 3. The normalized spacial score (nSPS) is 11.3. The van der Waals surface area contributed by atoms with Crippen LogP contribution in [0.3, 0.4) is 0 Å². The number of unbranched alkanes of at least 4 members (excludes halogenated alkanes) is 1. The number of carboxylic acid groups (broad SMARTS) is 2. The molecule has 2 amide bonds. The number of carbonyl (C=O) groups excluding carboxylic acids is 2. The Balaban J connectivity index is 0.00000106. The van der Waals surface area contributed by atoms with Crippen molar-refractivity contribution >= 4 is 35.3 Å². The van der Waals surface area contributed by atoms with E-state index in [4.69, 9.17) is 9.90 Å². The summed E-state index contributed by atoms with van der Waals surface area (Å²) in [6, 6.07) is 8.99. The van der Waals surface area contributed by atoms with Crippen LogP contribution in [0.5, 0.6) is 0 Å². The van der Waals surface area contributed by atoms with Gasteiger partial charge < -0.3 is 26.2 Å². The Hall–Kier alpha value is -4.76. The van der Waals surface area contributed by atoms with Crippen LogP contribution in [0.4, 0.5) is 24.7 Å². The van der Waals surface area contributed by atoms with Gasteiger partial charge in [-0.05, 0) is 44.4 Å². The van der Waals surface area contributed by atoms with Gasteiger partial charge in [0.25, 0.3) is 5.69 Å². The van der Waals surface area contributed by atoms with Crippen molar-refractivity contribution in [3.8, 4) is 0 Å². The second kappa shape index (κ2) is 16.4. The molecule has 1 unspecified atom stereocenters. The summed E-state index contributed by atoms with van der Waals surface area (Å²) in [5, 5.41) is 35.7. The monoisotopic (exact) mass is 585 g/mol. The van der Waals surface area contributed by atoms with E-state index in [2.05, 4.69) is 20.9 Å². The van der Waals surface area contributed by atoms with E-state index in [1.165, 1.54) is 18.2 Å². The molecule has 1 heterocycles. The number of carbonyl (C=O) groups is 4. The molecule has 0 aliphatic rings. The Morgan fingerprint density at radius 3 is 2.27 bits per heavy atom. The average Bonchev–Trinajstić information content (AvgIpc) is 2.86. The largest absolute Gasteiger partial charge is 0.490 e. The predicted octanol–water partition coefficient (Wildman–Crippen LogP) is 3.27. The zero-order valence-corrected chi connectivity index (χ0v) is 22.2. The summed E-state index contributed by atoms with van der Waals surface area (Å²) in [6.07, 6.45) is -3.95. The van der Waals surface area contributed by atoms with Crippen molar-refractivity contribution in [3.63, 3.8) is 0 Å². The third-order valence-electron chi connectivity index (χ3n) is 5.26. The summed E-state index contributed by atoms with van der Waals surface area (Å²) < 4.78 is 31.7. The molecule has 2 aromatic rings. The van der Waals surface area contributed by atoms with Crippen molar-refractivity contribution in [1.29, 1.82) is 0 Å². The summed E-state index contributed by atoms with van der Waals surface area (Å²) in [5.74, 6) is -4.05. The first-order valence-electron chi connectivity index (χ1n) is 12.1. The van der Waals surface area contributed by atoms with Gasteiger partial charge in [0.05, 0.1) is 23.9 Å². The van der Waals surface area contributed by atoms with E-state index in [9.17, 15) is 42.8 Å². The summed E-state index contributed by atoms with van der Waals surface area (Å²) in [4.78, 5) is 59.4. The molecule has 0 bridgehead atoms. The standard InChI is InChI=1S/C23H29N5O6.C2HF3O2/c1-15-9-10-17(12-19(15)28(33)34)18(13-23(31)32)27-22(30)14-25-21(29)8-3-4-11-24-20-7-5-6-16(2)26-20;3-2(4,5)1(6)7/h5-7,9-10,12,18H,3-4,8,11,13-14H2,1-2H3,(H,24,26)(H,25,29)(H,27,30)(H,31,32);(H,6,7). The highest BCUT2D eigenvalue weighted by Gasteiger charge is 2.38. The lowest BCUT2D eigenvalue weighted by Crippen LogP contribution is -2.39. The number of anilines is 1. The lowest BCUT2D eigenvalue weighted by molar-refractivity contribution is -0.385. The minimum atomic E-state index is -5.08. The SMILES string of the molecule is Cc1cccc(NCCCCC(=O)NCC(=O)NC(CC(=O)O)c2ccc(C)c([N+](=O)[O-])c2)n1.O=C(O)C(F)(F)F. The van der Waals surface area contributed by atoms with Crippen LogP contribution in [-0.2, 0) is 19.2 Å². The third kappa shape index (κ3) is 13.7. The number of hydrogen-bond acceptors (Lipinski definition) is 8. The number of nitro groups is 1. The second-order valence-corrected chi connectivity index (χ2v) is 8.65. The Morgan fingerprint density at radius 2 is 1.71 bits per heavy atom. The number of nitrogens with one attached hydrogen (secondary N) is 3. The number of aryl methyl sites for hydroxylation is 2. The topological polar surface area (TPSA) is 201 Å². The highest BCUT2D eigenvalue weighted by atomic mass is 19.4. The van der Waals surface area contributed by atoms with Gasteiger partial charge in [0.2, 0.25) is 11.8 Å². The predicted molar refractivity (Wildman–Crippen MR) is 139 cm³/mol. The summed E-state index contributed by atoms with van der Waals surface area (Å²) >= 11 is 0. The van der Waals surface area contributed by atoms with Crippen molar-refractivity contribution in [2.45, 2.75) is 51.7 Å². The molecule has 13 nitrogen and oxygen atoms in total. The zero-order valence-electron chi connectivity index (χ0n) is 22.2. The molecule has 0 aliphatic carbocycles. The number of aromatic nitrogens is 1. The Kier molecular flexibility index (Phi) is 13.7. The van der Waals surface area contributed by atoms with Gasteiger partial charge in [-0.25, -0.2) is 9.78 Å². The first-order valence-corrected chi connectivity index (χ1v) is 12.1. The minimum Gasteiger partial charge on any atom is -0.481 e. The zero-order chi connectivity index (χ0) is 31.2. The van der Waals surface area contributed by atoms with Crippen molar-refractivity contribution < 1.29 is 47.5 Å². The number of amides is 2. The number of aliphatic carboxylic acids is 2. The molecular weight excluding hydrogens is 555 g/mol. The molecule has 5 N–H and O–H groups in total. The van der Waals surface area contributed by atoms with Crippen molar-refractivity contribution in [2.24, 2.45) is 0 Å². The smallest absolute Gasteiger partial charge is 0.481 e. The van der Waals surface area contributed by atoms with Crippen molar-refractivity contribution in [2.75, 3.05) is 18.4 Å². The van der Waals surface area contributed by atoms with E-state index in [1.807, 2.05) is 25.1 Å². The summed E-state index contributed by atoms with van der Waals surface area (Å²) in [5.41, 5.74) is 1.47. The van der Waals surface area contributed by atoms with E-state index in [0.29, 0.717) is 24.1 Å². The molecular formula is C25H30F3N5O8. The molecule has 0 aliphatic heterocycles. The fraction of sp³-hybridized carbons (Fsp3) is 0.400. The first-order chi connectivity index (χ1) is 19.1. The third-order valence-corrected chi connectivity index (χ3v) is 5.26. The first kappa shape index (κ1) is 34.3. The maximum atomic E-state index is 12.3. The van der Waals surface area contributed by atoms with Crippen LogP contribution >= 0.6 is 0 Å². The summed E-state index contributed by atoms with van der Waals surface area (Å²) in [6.45, 7) is 3.80. The van der Waals surface area contributed by atoms with Gasteiger partial charge in [-0.1, -0.05) is 18.2 Å². The number of hydrogen-bond donors (Lipinski definition) is 5. The molecule has 41 heavy (non-hydrogen) atoms. The quantitative estimate of drug-likeness (QED) is 0.132. The van der Waals surface area contributed by atoms with Crippen LogP contribution < -0.4 is 16.0 Å². The van der Waals surface area contributed by atoms with Crippen molar-refractivity contribution in [3.05, 3.63) is 63.3 Å². The van der Waals surface area contributed by atoms with Crippen LogP contribution in [0.15, 0.2) is 36.4 Å². The molecule has 0 spiro atoms. The number of benzene rings is 1. The molecule has 0 saturated heterocycles. The molecule has 0 radical (unpaired) electrons. The van der Waals surface area contributed by atoms with Gasteiger partial charge in [0, 0.05) is 30.3 Å². The van der Waals surface area contributed by atoms with E-state index in [0.717, 1.165) is 17.9 Å². The van der Waals surface area contributed by atoms with E-state index >= 15 is 0 Å². The Morgan fingerprint density at radius 1 is 1.05 bits per heavy atom. The fourth-order valence-corrected chi connectivity index (χ4v) is 3.25. The van der Waals surface area contributed by atoms with E-state index in [1.54, 1.807) is 6.92 Å². The molecule has 1 aromatic carbocycles. The van der Waals surface area contributed by atoms with Crippen LogP contribution in [0.1, 0.15) is 48.5 Å². The lowest BCUT2D eigenvalue weighted by atomic mass is 10.0. The van der Waals surface area contributed by atoms with Gasteiger partial charge in [-0.3, -0.25) is 24.5 Å². The molecule has 1 atom stereocenters. The maximum absolute atomic E-state index is 12.3. The molecule has 1 aromatic heterocycles. The second-order valence-electron chi connectivity index (χ2n) is 8.65. The Labute approximate surface area is 232 Å². The number of alkyl halides is 3. The maximum Gasteiger partial charge on any atom is 0.490 e. The van der Waals surface area contributed by atoms with Crippen LogP contribution in [0, 0.1) is 24.0 Å². The highest BCUT2D eigenvalue weighted by molar-refractivity contribution is 5.85. The van der Waals surface area contributed by atoms with E-state index < -0.39 is 41.4 Å². The highest BCUT2D eigenvalue weighted by Crippen LogP contribution is 2.25. The van der Waals surface area contributed by atoms with Crippen LogP contribution in [-0.4, -0.2) is 63.1 Å². The average molecular weight is 586 g/mol. The van der Waals surface area contributed by atoms with Gasteiger partial charge >= 0.3 is 18.1 Å². The molecule has 0 fully saturated rings. The van der Waals surface area contributed by atoms with Crippen molar-refractivity contribution in [1.82, 2.24) is 15.6 Å². The fourth-order valence-electron chi connectivity index (χ4n) is 3.25. The minimum absolute atomic E-state index is 0.164. The van der Waals surface area contributed by atoms with Gasteiger partial charge in [-0.2, -0.15) is 13.2 Å². The number of carboxylic acids is 2. The molecule has 224 valence electrons. The van der Waals surface area contributed by atoms with Gasteiger partial charge in [0.1, 0.15) is 5.82 Å². The Bertz CT molecular complexity index is 1240. The van der Waals surface area contributed by atoms with Crippen LogP contribution in [0.2, 0.25) is 0 Å². The number of nitrogens with zero attached hydrogens (tertiary/aromatic N) is 2. The van der Waals surface area contributed by atoms with Crippen LogP contribution in [0.25, 0.3) is 0 Å². The van der Waals surface area contributed by atoms with Gasteiger partial charge in [0.15, 0.2) is 0 Å². The molecule has 2 rings (SSSR count). The summed E-state index contributed by atoms with van der Waals surface area (Å²) in [7, 11) is 0. The molecule has 0 saturated carbocycles. The molecule has 16 heteroatoms. The number of rotatable bonds is 13.